The molecule has 0 aliphatic carbocycles. The molecule has 138 valence electrons. The van der Waals surface area contributed by atoms with Crippen molar-refractivity contribution in [2.75, 3.05) is 32.8 Å². The molecule has 25 heavy (non-hydrogen) atoms. The van der Waals surface area contributed by atoms with Crippen LogP contribution in [-0.4, -0.2) is 54.5 Å². The van der Waals surface area contributed by atoms with Gasteiger partial charge in [0.15, 0.2) is 0 Å². The summed E-state index contributed by atoms with van der Waals surface area (Å²) in [5, 5.41) is 0. The number of likely N-dealkylation sites (tertiary alicyclic amines) is 2. The van der Waals surface area contributed by atoms with Gasteiger partial charge in [0.2, 0.25) is 0 Å². The molecule has 4 nitrogen and oxygen atoms in total. The molecular weight excluding hydrogens is 312 g/mol. The van der Waals surface area contributed by atoms with Gasteiger partial charge in [-0.15, -0.1) is 0 Å². The van der Waals surface area contributed by atoms with Gasteiger partial charge in [-0.2, -0.15) is 0 Å². The second kappa shape index (κ2) is 9.23. The van der Waals surface area contributed by atoms with Gasteiger partial charge in [0.05, 0.1) is 6.61 Å². The second-order valence-electron chi connectivity index (χ2n) is 7.38. The Labute approximate surface area is 152 Å². The van der Waals surface area contributed by atoms with Crippen molar-refractivity contribution in [3.8, 4) is 5.75 Å². The number of nitrogens with zero attached hydrogens (tertiary/aromatic N) is 2. The third kappa shape index (κ3) is 4.97. The predicted octanol–water partition coefficient (Wildman–Crippen LogP) is 3.96. The number of ether oxygens (including phenoxy) is 1. The summed E-state index contributed by atoms with van der Waals surface area (Å²) in [6.45, 7) is 7.28. The first kappa shape index (κ1) is 18.2. The molecule has 0 spiro atoms. The van der Waals surface area contributed by atoms with Crippen molar-refractivity contribution in [3.05, 3.63) is 29.8 Å². The smallest absolute Gasteiger partial charge is 0.254 e. The van der Waals surface area contributed by atoms with E-state index in [1.54, 1.807) is 0 Å². The van der Waals surface area contributed by atoms with Gasteiger partial charge in [-0.3, -0.25) is 4.79 Å². The number of hydrogen-bond donors (Lipinski definition) is 0. The van der Waals surface area contributed by atoms with Crippen LogP contribution in [0.3, 0.4) is 0 Å². The molecule has 1 amide bonds. The van der Waals surface area contributed by atoms with Crippen LogP contribution in [0.4, 0.5) is 0 Å². The summed E-state index contributed by atoms with van der Waals surface area (Å²) in [5.41, 5.74) is 0.786. The van der Waals surface area contributed by atoms with E-state index in [0.717, 1.165) is 50.3 Å². The fourth-order valence-electron chi connectivity index (χ4n) is 3.96. The maximum atomic E-state index is 12.9. The zero-order valence-corrected chi connectivity index (χ0v) is 15.6. The highest BCUT2D eigenvalue weighted by atomic mass is 16.5. The Morgan fingerprint density at radius 3 is 2.56 bits per heavy atom. The van der Waals surface area contributed by atoms with E-state index in [2.05, 4.69) is 16.7 Å². The summed E-state index contributed by atoms with van der Waals surface area (Å²) in [4.78, 5) is 17.5. The maximum absolute atomic E-state index is 12.9. The Morgan fingerprint density at radius 2 is 1.84 bits per heavy atom. The molecule has 1 unspecified atom stereocenters. The van der Waals surface area contributed by atoms with Crippen LogP contribution in [0.5, 0.6) is 5.75 Å². The standard InChI is InChI=1S/C21H32N2O2/c1-2-3-6-16-25-20-11-9-18(10-12-20)21(24)23-15-7-8-19(23)17-22-13-4-5-14-22/h9-12,19H,2-8,13-17H2,1H3. The molecule has 2 saturated heterocycles. The zero-order chi connectivity index (χ0) is 17.5. The van der Waals surface area contributed by atoms with Gasteiger partial charge in [0.1, 0.15) is 5.75 Å². The van der Waals surface area contributed by atoms with Crippen LogP contribution in [0.2, 0.25) is 0 Å². The predicted molar refractivity (Wildman–Crippen MR) is 101 cm³/mol. The van der Waals surface area contributed by atoms with Crippen molar-refractivity contribution in [1.82, 2.24) is 9.80 Å². The summed E-state index contributed by atoms with van der Waals surface area (Å²) in [5.74, 6) is 1.04. The van der Waals surface area contributed by atoms with Crippen LogP contribution >= 0.6 is 0 Å². The van der Waals surface area contributed by atoms with E-state index in [0.29, 0.717) is 6.04 Å². The average Bonchev–Trinajstić information content (AvgIpc) is 3.31. The summed E-state index contributed by atoms with van der Waals surface area (Å²) < 4.78 is 5.75. The van der Waals surface area contributed by atoms with E-state index >= 15 is 0 Å². The quantitative estimate of drug-likeness (QED) is 0.669. The first-order chi connectivity index (χ1) is 12.3. The fourth-order valence-corrected chi connectivity index (χ4v) is 3.96. The van der Waals surface area contributed by atoms with E-state index < -0.39 is 0 Å². The number of hydrogen-bond acceptors (Lipinski definition) is 3. The minimum absolute atomic E-state index is 0.180. The third-order valence-corrected chi connectivity index (χ3v) is 5.42. The van der Waals surface area contributed by atoms with Crippen LogP contribution in [0.25, 0.3) is 0 Å². The van der Waals surface area contributed by atoms with Crippen LogP contribution in [0.1, 0.15) is 62.2 Å². The first-order valence-corrected chi connectivity index (χ1v) is 10.0. The normalized spacial score (nSPS) is 21.0. The highest BCUT2D eigenvalue weighted by Gasteiger charge is 2.31. The van der Waals surface area contributed by atoms with Gasteiger partial charge in [-0.1, -0.05) is 19.8 Å². The number of carbonyl (C=O) groups is 1. The van der Waals surface area contributed by atoms with E-state index in [1.807, 2.05) is 24.3 Å². The highest BCUT2D eigenvalue weighted by molar-refractivity contribution is 5.94. The molecule has 4 heteroatoms. The topological polar surface area (TPSA) is 32.8 Å². The lowest BCUT2D eigenvalue weighted by Gasteiger charge is -2.28. The van der Waals surface area contributed by atoms with Crippen molar-refractivity contribution < 1.29 is 9.53 Å². The molecular formula is C21H32N2O2. The minimum atomic E-state index is 0.180. The van der Waals surface area contributed by atoms with Crippen molar-refractivity contribution in [3.63, 3.8) is 0 Å². The van der Waals surface area contributed by atoms with E-state index in [4.69, 9.17) is 4.74 Å². The summed E-state index contributed by atoms with van der Waals surface area (Å²) in [7, 11) is 0. The monoisotopic (exact) mass is 344 g/mol. The van der Waals surface area contributed by atoms with Crippen molar-refractivity contribution in [2.24, 2.45) is 0 Å². The average molecular weight is 344 g/mol. The molecule has 2 aliphatic rings. The first-order valence-electron chi connectivity index (χ1n) is 10.0. The van der Waals surface area contributed by atoms with Crippen LogP contribution in [0, 0.1) is 0 Å². The Morgan fingerprint density at radius 1 is 1.08 bits per heavy atom. The minimum Gasteiger partial charge on any atom is -0.494 e. The number of carbonyl (C=O) groups excluding carboxylic acids is 1. The lowest BCUT2D eigenvalue weighted by molar-refractivity contribution is 0.0708. The molecule has 0 bridgehead atoms. The van der Waals surface area contributed by atoms with E-state index in [1.165, 1.54) is 38.8 Å². The Bertz CT molecular complexity index is 537. The molecule has 2 fully saturated rings. The third-order valence-electron chi connectivity index (χ3n) is 5.42. The van der Waals surface area contributed by atoms with Crippen molar-refractivity contribution in [2.45, 2.75) is 57.9 Å². The SMILES string of the molecule is CCCCCOc1ccc(C(=O)N2CCCC2CN2CCCC2)cc1. The van der Waals surface area contributed by atoms with Gasteiger partial charge < -0.3 is 14.5 Å². The Hall–Kier alpha value is -1.55. The van der Waals surface area contributed by atoms with Crippen molar-refractivity contribution >= 4 is 5.91 Å². The van der Waals surface area contributed by atoms with Crippen molar-refractivity contribution in [1.29, 1.82) is 0 Å². The lowest BCUT2D eigenvalue weighted by atomic mass is 10.1. The van der Waals surface area contributed by atoms with Crippen LogP contribution in [0.15, 0.2) is 24.3 Å². The molecule has 3 rings (SSSR count). The van der Waals surface area contributed by atoms with E-state index in [9.17, 15) is 4.79 Å². The molecule has 0 N–H and O–H groups in total. The molecule has 2 aliphatic heterocycles. The fraction of sp³-hybridized carbons (Fsp3) is 0.667. The zero-order valence-electron chi connectivity index (χ0n) is 15.6. The number of unbranched alkanes of at least 4 members (excludes halogenated alkanes) is 2. The second-order valence-corrected chi connectivity index (χ2v) is 7.38. The summed E-state index contributed by atoms with van der Waals surface area (Å²) in [6, 6.07) is 8.09. The van der Waals surface area contributed by atoms with Gasteiger partial charge in [0, 0.05) is 24.7 Å². The Balaban J connectivity index is 1.54. The largest absolute Gasteiger partial charge is 0.494 e. The van der Waals surface area contributed by atoms with E-state index in [-0.39, 0.29) is 5.91 Å². The highest BCUT2D eigenvalue weighted by Crippen LogP contribution is 2.23. The maximum Gasteiger partial charge on any atom is 0.254 e. The summed E-state index contributed by atoms with van der Waals surface area (Å²) >= 11 is 0. The Kier molecular flexibility index (Phi) is 6.74. The molecule has 1 atom stereocenters. The molecule has 0 aromatic heterocycles. The number of benzene rings is 1. The number of amides is 1. The van der Waals surface area contributed by atoms with Gasteiger partial charge in [0.25, 0.3) is 5.91 Å². The molecule has 1 aromatic rings. The molecule has 0 saturated carbocycles. The molecule has 0 radical (unpaired) electrons. The van der Waals surface area contributed by atoms with Gasteiger partial charge >= 0.3 is 0 Å². The van der Waals surface area contributed by atoms with Gasteiger partial charge in [-0.05, 0) is 69.5 Å². The summed E-state index contributed by atoms with van der Waals surface area (Å²) in [6.07, 6.45) is 8.36. The lowest BCUT2D eigenvalue weighted by Crippen LogP contribution is -2.42. The van der Waals surface area contributed by atoms with Crippen LogP contribution in [-0.2, 0) is 0 Å². The molecule has 2 heterocycles. The van der Waals surface area contributed by atoms with Gasteiger partial charge in [-0.25, -0.2) is 0 Å². The van der Waals surface area contributed by atoms with Crippen LogP contribution < -0.4 is 4.74 Å². The number of rotatable bonds is 8. The molecule has 1 aromatic carbocycles.